The number of nitrogens with one attached hydrogen (secondary N) is 1. The minimum atomic E-state index is -0.673. The predicted molar refractivity (Wildman–Crippen MR) is 148 cm³/mol. The van der Waals surface area contributed by atoms with Gasteiger partial charge in [-0.1, -0.05) is 39.3 Å². The number of carboxylic acid groups (broad SMARTS) is 1. The van der Waals surface area contributed by atoms with Crippen LogP contribution in [0.4, 0.5) is 0 Å². The molecule has 1 aromatic carbocycles. The zero-order valence-corrected chi connectivity index (χ0v) is 23.7. The molecule has 0 radical (unpaired) electrons. The van der Waals surface area contributed by atoms with Crippen LogP contribution in [-0.2, 0) is 10.2 Å². The van der Waals surface area contributed by atoms with Gasteiger partial charge >= 0.3 is 5.97 Å². The minimum absolute atomic E-state index is 0.0195. The largest absolute Gasteiger partial charge is 0.504 e. The number of fused-ring (bicyclic) bond motifs is 7. The molecule has 204 valence electrons. The summed E-state index contributed by atoms with van der Waals surface area (Å²) in [5.74, 6) is -0.416. The summed E-state index contributed by atoms with van der Waals surface area (Å²) < 4.78 is 0. The van der Waals surface area contributed by atoms with Gasteiger partial charge in [-0.15, -0.1) is 0 Å². The van der Waals surface area contributed by atoms with Crippen molar-refractivity contribution in [2.45, 2.75) is 97.8 Å². The molecule has 0 unspecified atom stereocenters. The SMILES string of the molecule is Cc1c(O)c(O)cc2c1[C@H](c1cc[nH]c1)C=C1[C@@]2(C)CC[C@@]2(C)[C@@H]3C[C@](C)(C(=O)O)CC[C@]3(C)CC[C@]12C. The van der Waals surface area contributed by atoms with E-state index in [4.69, 9.17) is 0 Å². The summed E-state index contributed by atoms with van der Waals surface area (Å²) in [5, 5.41) is 31.8. The number of aromatic hydroxyl groups is 2. The summed E-state index contributed by atoms with van der Waals surface area (Å²) in [6.45, 7) is 13.6. The lowest BCUT2D eigenvalue weighted by Gasteiger charge is -2.70. The number of carbonyl (C=O) groups is 1. The van der Waals surface area contributed by atoms with E-state index in [1.807, 2.05) is 32.3 Å². The third kappa shape index (κ3) is 3.02. The first kappa shape index (κ1) is 25.6. The number of phenolic OH excluding ortho intramolecular Hbond substituents is 2. The number of allylic oxidation sites excluding steroid dienone is 2. The number of rotatable bonds is 2. The Labute approximate surface area is 226 Å². The smallest absolute Gasteiger partial charge is 0.309 e. The van der Waals surface area contributed by atoms with Gasteiger partial charge in [0.15, 0.2) is 11.5 Å². The molecule has 0 bridgehead atoms. The molecule has 3 fully saturated rings. The maximum atomic E-state index is 12.4. The summed E-state index contributed by atoms with van der Waals surface area (Å²) in [6, 6.07) is 3.94. The number of phenols is 2. The molecule has 38 heavy (non-hydrogen) atoms. The normalized spacial score (nSPS) is 41.8. The van der Waals surface area contributed by atoms with E-state index in [0.717, 1.165) is 67.2 Å². The van der Waals surface area contributed by atoms with Crippen LogP contribution in [0.1, 0.15) is 108 Å². The second-order valence-corrected chi connectivity index (χ2v) is 14.4. The van der Waals surface area contributed by atoms with Gasteiger partial charge in [0.2, 0.25) is 0 Å². The van der Waals surface area contributed by atoms with E-state index in [-0.39, 0.29) is 39.1 Å². The van der Waals surface area contributed by atoms with Crippen molar-refractivity contribution in [2.75, 3.05) is 0 Å². The highest BCUT2D eigenvalue weighted by Gasteiger charge is 2.67. The summed E-state index contributed by atoms with van der Waals surface area (Å²) in [5.41, 5.74) is 4.67. The maximum Gasteiger partial charge on any atom is 0.309 e. The molecule has 7 atom stereocenters. The average Bonchev–Trinajstić information content (AvgIpc) is 3.40. The fourth-order valence-corrected chi connectivity index (χ4v) is 9.73. The van der Waals surface area contributed by atoms with E-state index in [2.05, 4.69) is 44.8 Å². The Morgan fingerprint density at radius 1 is 1.00 bits per heavy atom. The average molecular weight is 518 g/mol. The molecule has 5 nitrogen and oxygen atoms in total. The van der Waals surface area contributed by atoms with Crippen LogP contribution in [0.2, 0.25) is 0 Å². The number of H-pyrrole nitrogens is 1. The molecule has 4 aliphatic rings. The number of aromatic nitrogens is 1. The molecule has 0 spiro atoms. The highest BCUT2D eigenvalue weighted by Crippen LogP contribution is 2.75. The number of aromatic amines is 1. The standard InChI is InChI=1S/C33H43NO4/c1-19-26-21(20-7-14-34-18-20)15-24-31(4,22(26)16-23(35)27(19)36)11-13-33(6)25-17-30(3,28(37)38)9-8-29(25,2)10-12-32(24,33)5/h7,14-16,18,21,25,34-36H,8-13,17H2,1-6H3,(H,37,38)/t21-,25+,29+,30+,31-,32+,33-/m0/s1. The predicted octanol–water partition coefficient (Wildman–Crippen LogP) is 7.56. The maximum absolute atomic E-state index is 12.4. The Morgan fingerprint density at radius 2 is 1.71 bits per heavy atom. The Bertz CT molecular complexity index is 1360. The third-order valence-electron chi connectivity index (χ3n) is 12.6. The molecule has 6 rings (SSSR count). The van der Waals surface area contributed by atoms with Crippen LogP contribution in [-0.4, -0.2) is 26.3 Å². The Balaban J connectivity index is 1.56. The Kier molecular flexibility index (Phi) is 5.18. The quantitative estimate of drug-likeness (QED) is 0.244. The lowest BCUT2D eigenvalue weighted by Crippen LogP contribution is -2.62. The molecule has 5 heteroatoms. The van der Waals surface area contributed by atoms with Crippen molar-refractivity contribution in [2.24, 2.45) is 27.6 Å². The van der Waals surface area contributed by atoms with Crippen molar-refractivity contribution in [1.29, 1.82) is 0 Å². The van der Waals surface area contributed by atoms with Crippen molar-refractivity contribution in [3.05, 3.63) is 58.4 Å². The molecule has 4 N–H and O–H groups in total. The van der Waals surface area contributed by atoms with E-state index in [9.17, 15) is 20.1 Å². The Hall–Kier alpha value is -2.69. The van der Waals surface area contributed by atoms with Gasteiger partial charge in [0.1, 0.15) is 0 Å². The summed E-state index contributed by atoms with van der Waals surface area (Å²) >= 11 is 0. The third-order valence-corrected chi connectivity index (χ3v) is 12.6. The van der Waals surface area contributed by atoms with Crippen LogP contribution in [0.15, 0.2) is 36.2 Å². The first-order chi connectivity index (χ1) is 17.7. The van der Waals surface area contributed by atoms with Gasteiger partial charge in [0.05, 0.1) is 5.41 Å². The van der Waals surface area contributed by atoms with Gasteiger partial charge in [-0.2, -0.15) is 0 Å². The van der Waals surface area contributed by atoms with Crippen LogP contribution in [0.3, 0.4) is 0 Å². The lowest BCUT2D eigenvalue weighted by molar-refractivity contribution is -0.177. The van der Waals surface area contributed by atoms with Gasteiger partial charge in [0.25, 0.3) is 0 Å². The van der Waals surface area contributed by atoms with E-state index < -0.39 is 11.4 Å². The van der Waals surface area contributed by atoms with Gasteiger partial charge in [-0.05, 0) is 115 Å². The van der Waals surface area contributed by atoms with Crippen molar-refractivity contribution < 1.29 is 20.1 Å². The second-order valence-electron chi connectivity index (χ2n) is 14.4. The van der Waals surface area contributed by atoms with Crippen LogP contribution < -0.4 is 0 Å². The fourth-order valence-electron chi connectivity index (χ4n) is 9.73. The molecule has 2 aromatic rings. The zero-order valence-electron chi connectivity index (χ0n) is 23.7. The molecule has 4 aliphatic carbocycles. The molecule has 0 amide bonds. The van der Waals surface area contributed by atoms with Crippen LogP contribution in [0, 0.1) is 34.5 Å². The number of hydrogen-bond acceptors (Lipinski definition) is 3. The number of benzene rings is 1. The van der Waals surface area contributed by atoms with Crippen LogP contribution in [0.5, 0.6) is 11.5 Å². The summed E-state index contributed by atoms with van der Waals surface area (Å²) in [6.07, 6.45) is 13.1. The first-order valence-corrected chi connectivity index (χ1v) is 14.4. The van der Waals surface area contributed by atoms with E-state index in [1.165, 1.54) is 5.57 Å². The monoisotopic (exact) mass is 517 g/mol. The lowest BCUT2D eigenvalue weighted by atomic mass is 9.34. The highest BCUT2D eigenvalue weighted by atomic mass is 16.4. The molecule has 3 saturated carbocycles. The number of aliphatic carboxylic acids is 1. The minimum Gasteiger partial charge on any atom is -0.504 e. The highest BCUT2D eigenvalue weighted by molar-refractivity contribution is 5.74. The fraction of sp³-hybridized carbons (Fsp3) is 0.606. The topological polar surface area (TPSA) is 93.5 Å². The van der Waals surface area contributed by atoms with Gasteiger partial charge < -0.3 is 20.3 Å². The number of hydrogen-bond donors (Lipinski definition) is 4. The van der Waals surface area contributed by atoms with Crippen molar-refractivity contribution >= 4 is 5.97 Å². The first-order valence-electron chi connectivity index (χ1n) is 14.4. The number of carboxylic acids is 1. The van der Waals surface area contributed by atoms with E-state index >= 15 is 0 Å². The zero-order chi connectivity index (χ0) is 27.5. The van der Waals surface area contributed by atoms with Gasteiger partial charge in [-0.25, -0.2) is 0 Å². The van der Waals surface area contributed by atoms with E-state index in [1.54, 1.807) is 0 Å². The van der Waals surface area contributed by atoms with Gasteiger partial charge in [0, 0.05) is 23.7 Å². The van der Waals surface area contributed by atoms with Crippen LogP contribution in [0.25, 0.3) is 0 Å². The summed E-state index contributed by atoms with van der Waals surface area (Å²) in [7, 11) is 0. The second kappa shape index (κ2) is 7.70. The molecule has 1 aromatic heterocycles. The van der Waals surface area contributed by atoms with Crippen molar-refractivity contribution in [1.82, 2.24) is 4.98 Å². The molecule has 0 aliphatic heterocycles. The molecular weight excluding hydrogens is 474 g/mol. The van der Waals surface area contributed by atoms with Crippen molar-refractivity contribution in [3.63, 3.8) is 0 Å². The van der Waals surface area contributed by atoms with Gasteiger partial charge in [-0.3, -0.25) is 4.79 Å². The van der Waals surface area contributed by atoms with Crippen LogP contribution >= 0.6 is 0 Å². The summed E-state index contributed by atoms with van der Waals surface area (Å²) in [4.78, 5) is 15.6. The molecular formula is C33H43NO4. The molecule has 0 saturated heterocycles. The van der Waals surface area contributed by atoms with Crippen molar-refractivity contribution in [3.8, 4) is 11.5 Å². The molecule has 1 heterocycles. The Morgan fingerprint density at radius 3 is 2.37 bits per heavy atom. The van der Waals surface area contributed by atoms with E-state index in [0.29, 0.717) is 5.92 Å².